The molecule has 1 atom stereocenters. The maximum absolute atomic E-state index is 12.3. The molecule has 1 aromatic rings. The number of rotatable bonds is 3. The monoisotopic (exact) mass is 303 g/mol. The lowest BCUT2D eigenvalue weighted by molar-refractivity contribution is 0.0912. The average Bonchev–Trinajstić information content (AvgIpc) is 2.38. The van der Waals surface area contributed by atoms with Gasteiger partial charge in [0, 0.05) is 19.3 Å². The third-order valence-corrected chi connectivity index (χ3v) is 5.49. The Hall–Kier alpha value is -1.45. The summed E-state index contributed by atoms with van der Waals surface area (Å²) in [5.41, 5.74) is -1.67. The lowest BCUT2D eigenvalue weighted by Gasteiger charge is -2.32. The lowest BCUT2D eigenvalue weighted by Crippen LogP contribution is -2.42. The Labute approximate surface area is 115 Å². The van der Waals surface area contributed by atoms with Gasteiger partial charge < -0.3 is 10.1 Å². The Kier molecular flexibility index (Phi) is 4.11. The van der Waals surface area contributed by atoms with Crippen LogP contribution in [-0.4, -0.2) is 47.0 Å². The molecule has 1 fully saturated rings. The molecule has 1 saturated heterocycles. The molecule has 112 valence electrons. The van der Waals surface area contributed by atoms with Crippen LogP contribution < -0.4 is 11.2 Å². The summed E-state index contributed by atoms with van der Waals surface area (Å²) >= 11 is 0. The summed E-state index contributed by atoms with van der Waals surface area (Å²) in [6, 6.07) is 0. The van der Waals surface area contributed by atoms with Crippen LogP contribution in [0, 0.1) is 5.92 Å². The first-order valence-electron chi connectivity index (χ1n) is 6.32. The van der Waals surface area contributed by atoms with E-state index < -0.39 is 32.3 Å². The molecule has 0 radical (unpaired) electrons. The summed E-state index contributed by atoms with van der Waals surface area (Å²) in [6.07, 6.45) is 1.52. The van der Waals surface area contributed by atoms with E-state index in [1.165, 1.54) is 4.31 Å². The molecule has 0 spiro atoms. The fourth-order valence-electron chi connectivity index (χ4n) is 2.33. The molecule has 0 aliphatic carbocycles. The van der Waals surface area contributed by atoms with E-state index in [9.17, 15) is 23.1 Å². The van der Waals surface area contributed by atoms with Gasteiger partial charge in [-0.3, -0.25) is 9.78 Å². The van der Waals surface area contributed by atoms with Crippen LogP contribution in [0.15, 0.2) is 20.7 Å². The second-order valence-electron chi connectivity index (χ2n) is 4.92. The zero-order chi connectivity index (χ0) is 14.9. The van der Waals surface area contributed by atoms with Crippen molar-refractivity contribution in [2.75, 3.05) is 13.1 Å². The maximum atomic E-state index is 12.3. The van der Waals surface area contributed by atoms with Crippen molar-refractivity contribution in [3.63, 3.8) is 0 Å². The first-order chi connectivity index (χ1) is 9.32. The van der Waals surface area contributed by atoms with Crippen LogP contribution in [-0.2, 0) is 10.0 Å². The van der Waals surface area contributed by atoms with Crippen LogP contribution in [0.1, 0.15) is 19.8 Å². The summed E-state index contributed by atoms with van der Waals surface area (Å²) in [6.45, 7) is 2.18. The smallest absolute Gasteiger partial charge is 0.325 e. The van der Waals surface area contributed by atoms with Crippen LogP contribution in [0.4, 0.5) is 0 Å². The minimum Gasteiger partial charge on any atom is -0.393 e. The van der Waals surface area contributed by atoms with Crippen molar-refractivity contribution in [2.24, 2.45) is 5.92 Å². The fraction of sp³-hybridized carbons (Fsp3) is 0.636. The number of piperidine rings is 1. The van der Waals surface area contributed by atoms with E-state index in [0.717, 1.165) is 6.20 Å². The van der Waals surface area contributed by atoms with Crippen molar-refractivity contribution in [3.05, 3.63) is 27.0 Å². The van der Waals surface area contributed by atoms with Crippen LogP contribution in [0.5, 0.6) is 0 Å². The van der Waals surface area contributed by atoms with Gasteiger partial charge in [-0.2, -0.15) is 4.31 Å². The van der Waals surface area contributed by atoms with Crippen LogP contribution in [0.2, 0.25) is 0 Å². The number of hydrogen-bond donors (Lipinski definition) is 3. The van der Waals surface area contributed by atoms with Gasteiger partial charge in [0.15, 0.2) is 4.90 Å². The van der Waals surface area contributed by atoms with Gasteiger partial charge in [0.1, 0.15) is 0 Å². The van der Waals surface area contributed by atoms with E-state index >= 15 is 0 Å². The van der Waals surface area contributed by atoms with Gasteiger partial charge in [-0.1, -0.05) is 0 Å². The summed E-state index contributed by atoms with van der Waals surface area (Å²) in [5, 5.41) is 9.50. The number of nitrogens with one attached hydrogen (secondary N) is 2. The van der Waals surface area contributed by atoms with Crippen molar-refractivity contribution < 1.29 is 13.5 Å². The minimum atomic E-state index is -3.92. The van der Waals surface area contributed by atoms with Gasteiger partial charge >= 0.3 is 5.69 Å². The Morgan fingerprint density at radius 1 is 1.35 bits per heavy atom. The van der Waals surface area contributed by atoms with Crippen LogP contribution >= 0.6 is 0 Å². The predicted molar refractivity (Wildman–Crippen MR) is 70.8 cm³/mol. The Balaban J connectivity index is 2.24. The number of hydrogen-bond acceptors (Lipinski definition) is 5. The lowest BCUT2D eigenvalue weighted by atomic mass is 9.93. The van der Waals surface area contributed by atoms with Crippen molar-refractivity contribution in [1.82, 2.24) is 14.3 Å². The molecule has 0 saturated carbocycles. The van der Waals surface area contributed by atoms with Gasteiger partial charge in [-0.15, -0.1) is 0 Å². The van der Waals surface area contributed by atoms with E-state index in [1.807, 2.05) is 4.98 Å². The maximum Gasteiger partial charge on any atom is 0.325 e. The summed E-state index contributed by atoms with van der Waals surface area (Å²) in [4.78, 5) is 26.1. The van der Waals surface area contributed by atoms with Crippen molar-refractivity contribution in [2.45, 2.75) is 30.8 Å². The molecule has 8 nitrogen and oxygen atoms in total. The third-order valence-electron chi connectivity index (χ3n) is 3.58. The summed E-state index contributed by atoms with van der Waals surface area (Å²) < 4.78 is 25.8. The first kappa shape index (κ1) is 14.9. The van der Waals surface area contributed by atoms with Crippen molar-refractivity contribution in [1.29, 1.82) is 0 Å². The average molecular weight is 303 g/mol. The highest BCUT2D eigenvalue weighted by molar-refractivity contribution is 7.89. The molecule has 2 rings (SSSR count). The van der Waals surface area contributed by atoms with E-state index in [-0.39, 0.29) is 19.0 Å². The highest BCUT2D eigenvalue weighted by atomic mass is 32.2. The highest BCUT2D eigenvalue weighted by Crippen LogP contribution is 2.24. The van der Waals surface area contributed by atoms with Crippen molar-refractivity contribution in [3.8, 4) is 0 Å². The predicted octanol–water partition coefficient (Wildman–Crippen LogP) is -1.16. The molecule has 1 aliphatic rings. The van der Waals surface area contributed by atoms with E-state index in [4.69, 9.17) is 0 Å². The SMILES string of the molecule is CC(O)C1CCN(S(=O)(=O)c2c[nH]c(=O)[nH]c2=O)CC1. The zero-order valence-corrected chi connectivity index (χ0v) is 11.8. The number of aliphatic hydroxyl groups is 1. The quantitative estimate of drug-likeness (QED) is 0.650. The molecular formula is C11H17N3O5S. The Morgan fingerprint density at radius 3 is 2.45 bits per heavy atom. The standard InChI is InChI=1S/C11H17N3O5S/c1-7(15)8-2-4-14(5-3-8)20(18,19)9-6-12-11(17)13-10(9)16/h6-8,15H,2-5H2,1H3,(H2,12,13,16,17). The fourth-order valence-corrected chi connectivity index (χ4v) is 3.79. The van der Waals surface area contributed by atoms with E-state index in [1.54, 1.807) is 6.92 Å². The number of H-pyrrole nitrogens is 2. The van der Waals surface area contributed by atoms with Crippen molar-refractivity contribution >= 4 is 10.0 Å². The van der Waals surface area contributed by atoms with Gasteiger partial charge in [0.05, 0.1) is 6.10 Å². The molecule has 0 amide bonds. The molecule has 0 aromatic carbocycles. The molecular weight excluding hydrogens is 286 g/mol. The molecule has 2 heterocycles. The third kappa shape index (κ3) is 2.84. The molecule has 3 N–H and O–H groups in total. The van der Waals surface area contributed by atoms with Gasteiger partial charge in [-0.05, 0) is 25.7 Å². The zero-order valence-electron chi connectivity index (χ0n) is 11.0. The van der Waals surface area contributed by atoms with E-state index in [2.05, 4.69) is 4.98 Å². The highest BCUT2D eigenvalue weighted by Gasteiger charge is 2.32. The topological polar surface area (TPSA) is 123 Å². The van der Waals surface area contributed by atoms with Gasteiger partial charge in [0.25, 0.3) is 5.56 Å². The molecule has 1 aromatic heterocycles. The summed E-state index contributed by atoms with van der Waals surface area (Å²) in [7, 11) is -3.92. The minimum absolute atomic E-state index is 0.0651. The number of nitrogens with zero attached hydrogens (tertiary/aromatic N) is 1. The molecule has 20 heavy (non-hydrogen) atoms. The number of aliphatic hydroxyl groups excluding tert-OH is 1. The van der Waals surface area contributed by atoms with Crippen LogP contribution in [0.3, 0.4) is 0 Å². The summed E-state index contributed by atoms with van der Waals surface area (Å²) in [5.74, 6) is 0.0651. The normalized spacial score (nSPS) is 19.9. The molecule has 1 unspecified atom stereocenters. The molecule has 9 heteroatoms. The first-order valence-corrected chi connectivity index (χ1v) is 7.76. The second kappa shape index (κ2) is 5.51. The molecule has 1 aliphatic heterocycles. The van der Waals surface area contributed by atoms with Gasteiger partial charge in [0.2, 0.25) is 10.0 Å². The number of aromatic nitrogens is 2. The largest absolute Gasteiger partial charge is 0.393 e. The second-order valence-corrected chi connectivity index (χ2v) is 6.82. The molecule has 0 bridgehead atoms. The van der Waals surface area contributed by atoms with Gasteiger partial charge in [-0.25, -0.2) is 13.2 Å². The number of sulfonamides is 1. The van der Waals surface area contributed by atoms with E-state index in [0.29, 0.717) is 12.8 Å². The number of aromatic amines is 2. The Morgan fingerprint density at radius 2 is 1.95 bits per heavy atom. The Bertz CT molecular complexity index is 683. The van der Waals surface area contributed by atoms with Crippen LogP contribution in [0.25, 0.3) is 0 Å².